The molecule has 3 aromatic heterocycles. The summed E-state index contributed by atoms with van der Waals surface area (Å²) in [5.41, 5.74) is 0.382. The van der Waals surface area contributed by atoms with Gasteiger partial charge in [-0.15, -0.1) is 0 Å². The number of ether oxygens (including phenoxy) is 1. The molecule has 2 aliphatic heterocycles. The number of anilines is 1. The fourth-order valence-electron chi connectivity index (χ4n) is 4.19. The van der Waals surface area contributed by atoms with Gasteiger partial charge < -0.3 is 19.5 Å². The molecule has 5 rings (SSSR count). The first-order valence-corrected chi connectivity index (χ1v) is 11.5. The quantitative estimate of drug-likeness (QED) is 0.496. The van der Waals surface area contributed by atoms with Crippen LogP contribution < -0.4 is 10.9 Å². The molecule has 0 aromatic carbocycles. The summed E-state index contributed by atoms with van der Waals surface area (Å²) in [6.45, 7) is 3.90. The van der Waals surface area contributed by atoms with Gasteiger partial charge in [0.05, 0.1) is 31.5 Å². The van der Waals surface area contributed by atoms with Gasteiger partial charge in [-0.1, -0.05) is 0 Å². The average molecular weight is 534 g/mol. The van der Waals surface area contributed by atoms with Crippen molar-refractivity contribution in [3.05, 3.63) is 56.4 Å². The molecule has 0 bridgehead atoms. The van der Waals surface area contributed by atoms with Gasteiger partial charge in [0.25, 0.3) is 11.5 Å². The van der Waals surface area contributed by atoms with E-state index in [2.05, 4.69) is 36.2 Å². The number of morpholine rings is 1. The third-order valence-electron chi connectivity index (χ3n) is 5.87. The van der Waals surface area contributed by atoms with Crippen LogP contribution in [0.25, 0.3) is 5.65 Å². The normalized spacial score (nSPS) is 16.3. The summed E-state index contributed by atoms with van der Waals surface area (Å²) in [5.74, 6) is -1.14. The largest absolute Gasteiger partial charge is 0.379 e. The van der Waals surface area contributed by atoms with Crippen molar-refractivity contribution in [1.29, 1.82) is 0 Å². The predicted molar refractivity (Wildman–Crippen MR) is 122 cm³/mol. The zero-order chi connectivity index (χ0) is 23.8. The lowest BCUT2D eigenvalue weighted by atomic mass is 10.2. The summed E-state index contributed by atoms with van der Waals surface area (Å²) < 4.78 is 21.6. The molecule has 1 N–H and O–H groups in total. The van der Waals surface area contributed by atoms with E-state index >= 15 is 0 Å². The molecular formula is C21H21BrFN7O4. The van der Waals surface area contributed by atoms with Gasteiger partial charge in [0, 0.05) is 32.2 Å². The number of fused-ring (bicyclic) bond motifs is 2. The molecule has 0 aliphatic carbocycles. The van der Waals surface area contributed by atoms with Crippen LogP contribution in [0.1, 0.15) is 16.1 Å². The molecule has 0 radical (unpaired) electrons. The molecule has 1 fully saturated rings. The number of pyridine rings is 1. The molecule has 11 nitrogen and oxygen atoms in total. The van der Waals surface area contributed by atoms with Crippen LogP contribution in [0.3, 0.4) is 0 Å². The van der Waals surface area contributed by atoms with Crippen LogP contribution in [0, 0.1) is 5.82 Å². The maximum absolute atomic E-state index is 13.4. The van der Waals surface area contributed by atoms with E-state index in [9.17, 15) is 18.8 Å². The molecule has 2 aliphatic rings. The Bertz CT molecular complexity index is 1320. The number of nitrogens with zero attached hydrogens (tertiary/aromatic N) is 6. The molecule has 178 valence electrons. The molecule has 13 heteroatoms. The number of carbonyl (C=O) groups is 2. The number of rotatable bonds is 6. The summed E-state index contributed by atoms with van der Waals surface area (Å²) in [4.78, 5) is 46.9. The lowest BCUT2D eigenvalue weighted by Crippen LogP contribution is -2.41. The van der Waals surface area contributed by atoms with Crippen LogP contribution in [0.4, 0.5) is 10.2 Å². The van der Waals surface area contributed by atoms with Gasteiger partial charge >= 0.3 is 0 Å². The van der Waals surface area contributed by atoms with Crippen LogP contribution in [-0.2, 0) is 22.6 Å². The van der Waals surface area contributed by atoms with Crippen molar-refractivity contribution in [2.24, 2.45) is 0 Å². The molecular weight excluding hydrogens is 513 g/mol. The van der Waals surface area contributed by atoms with Crippen molar-refractivity contribution < 1.29 is 18.7 Å². The maximum Gasteiger partial charge on any atom is 0.280 e. The Hall–Kier alpha value is -3.16. The van der Waals surface area contributed by atoms with E-state index in [-0.39, 0.29) is 30.5 Å². The van der Waals surface area contributed by atoms with E-state index in [1.54, 1.807) is 11.0 Å². The summed E-state index contributed by atoms with van der Waals surface area (Å²) in [6, 6.07) is 4.10. The number of nitrogens with one attached hydrogen (secondary N) is 1. The average Bonchev–Trinajstić information content (AvgIpc) is 3.38. The molecule has 5 heterocycles. The number of halogens is 2. The van der Waals surface area contributed by atoms with E-state index < -0.39 is 17.3 Å². The Balaban J connectivity index is 1.44. The Morgan fingerprint density at radius 2 is 2.00 bits per heavy atom. The van der Waals surface area contributed by atoms with Gasteiger partial charge in [-0.3, -0.25) is 19.3 Å². The first kappa shape index (κ1) is 22.6. The fraction of sp³-hybridized carbons (Fsp3) is 0.381. The summed E-state index contributed by atoms with van der Waals surface area (Å²) >= 11 is 3.26. The predicted octanol–water partition coefficient (Wildman–Crippen LogP) is 0.719. The highest BCUT2D eigenvalue weighted by Gasteiger charge is 2.35. The fourth-order valence-corrected chi connectivity index (χ4v) is 4.56. The van der Waals surface area contributed by atoms with Crippen molar-refractivity contribution in [2.45, 2.75) is 13.1 Å². The highest BCUT2D eigenvalue weighted by atomic mass is 79.9. The minimum absolute atomic E-state index is 0.145. The lowest BCUT2D eigenvalue weighted by molar-refractivity contribution is -0.116. The third-order valence-corrected chi connectivity index (χ3v) is 6.26. The van der Waals surface area contributed by atoms with E-state index in [1.807, 2.05) is 0 Å². The van der Waals surface area contributed by atoms with Crippen molar-refractivity contribution >= 4 is 39.2 Å². The smallest absolute Gasteiger partial charge is 0.280 e. The molecule has 0 atom stereocenters. The number of hydrogen-bond donors (Lipinski definition) is 1. The van der Waals surface area contributed by atoms with Crippen LogP contribution >= 0.6 is 15.9 Å². The van der Waals surface area contributed by atoms with Crippen molar-refractivity contribution in [2.75, 3.05) is 44.7 Å². The Morgan fingerprint density at radius 1 is 1.21 bits per heavy atom. The SMILES string of the molecule is O=C(Cn1c2c(c(=O)n3nc(Br)cc13)CN(CCN1CCOCC1)C2=O)Nc1ccc(F)cn1. The highest BCUT2D eigenvalue weighted by molar-refractivity contribution is 9.10. The van der Waals surface area contributed by atoms with Crippen LogP contribution in [0.2, 0.25) is 0 Å². The second kappa shape index (κ2) is 9.24. The van der Waals surface area contributed by atoms with Crippen molar-refractivity contribution in [3.63, 3.8) is 0 Å². The number of carbonyl (C=O) groups excluding carboxylic acids is 2. The zero-order valence-corrected chi connectivity index (χ0v) is 19.6. The highest BCUT2D eigenvalue weighted by Crippen LogP contribution is 2.23. The zero-order valence-electron chi connectivity index (χ0n) is 18.0. The van der Waals surface area contributed by atoms with Crippen LogP contribution in [0.5, 0.6) is 0 Å². The minimum atomic E-state index is -0.523. The minimum Gasteiger partial charge on any atom is -0.379 e. The molecule has 2 amide bonds. The van der Waals surface area contributed by atoms with Gasteiger partial charge in [0.1, 0.15) is 34.1 Å². The molecule has 3 aromatic rings. The topological polar surface area (TPSA) is 114 Å². The standard InChI is InChI=1S/C21H21BrFN7O4/c22-15-9-18-29(12-17(31)25-16-2-1-13(23)10-24-16)19-14(20(32)30(18)26-15)11-28(21(19)33)4-3-27-5-7-34-8-6-27/h1-2,9-10H,3-8,11-12H2,(H,24,25,31). The molecule has 0 spiro atoms. The van der Waals surface area contributed by atoms with Gasteiger partial charge in [0.15, 0.2) is 0 Å². The summed E-state index contributed by atoms with van der Waals surface area (Å²) in [5, 5.41) is 6.77. The Morgan fingerprint density at radius 3 is 2.74 bits per heavy atom. The summed E-state index contributed by atoms with van der Waals surface area (Å²) in [7, 11) is 0. The molecule has 1 saturated heterocycles. The molecule has 0 saturated carbocycles. The van der Waals surface area contributed by atoms with Gasteiger partial charge in [-0.2, -0.15) is 9.61 Å². The summed E-state index contributed by atoms with van der Waals surface area (Å²) in [6.07, 6.45) is 0.995. The van der Waals surface area contributed by atoms with Crippen molar-refractivity contribution in [3.8, 4) is 0 Å². The van der Waals surface area contributed by atoms with Gasteiger partial charge in [-0.05, 0) is 28.1 Å². The van der Waals surface area contributed by atoms with Crippen molar-refractivity contribution in [1.82, 2.24) is 29.0 Å². The second-order valence-corrected chi connectivity index (χ2v) is 8.86. The lowest BCUT2D eigenvalue weighted by Gasteiger charge is -2.28. The maximum atomic E-state index is 13.4. The van der Waals surface area contributed by atoms with E-state index in [4.69, 9.17) is 4.74 Å². The van der Waals surface area contributed by atoms with Gasteiger partial charge in [0.2, 0.25) is 5.91 Å². The van der Waals surface area contributed by atoms with Crippen LogP contribution in [-0.4, -0.2) is 80.2 Å². The second-order valence-electron chi connectivity index (χ2n) is 8.05. The number of aromatic nitrogens is 4. The van der Waals surface area contributed by atoms with Gasteiger partial charge in [-0.25, -0.2) is 9.37 Å². The monoisotopic (exact) mass is 533 g/mol. The third kappa shape index (κ3) is 4.33. The number of amides is 2. The first-order chi connectivity index (χ1) is 16.4. The molecule has 0 unspecified atom stereocenters. The van der Waals surface area contributed by atoms with E-state index in [0.29, 0.717) is 42.1 Å². The van der Waals surface area contributed by atoms with E-state index in [0.717, 1.165) is 19.3 Å². The Labute approximate surface area is 201 Å². The van der Waals surface area contributed by atoms with E-state index in [1.165, 1.54) is 21.2 Å². The molecule has 34 heavy (non-hydrogen) atoms. The van der Waals surface area contributed by atoms with Crippen LogP contribution in [0.15, 0.2) is 33.8 Å². The number of hydrogen-bond acceptors (Lipinski definition) is 7. The first-order valence-electron chi connectivity index (χ1n) is 10.7. The Kier molecular flexibility index (Phi) is 6.15.